The first kappa shape index (κ1) is 34.2. The van der Waals surface area contributed by atoms with Crippen molar-refractivity contribution in [1.29, 1.82) is 0 Å². The molecule has 6 rings (SSSR count). The van der Waals surface area contributed by atoms with Gasteiger partial charge in [-0.3, -0.25) is 9.59 Å². The van der Waals surface area contributed by atoms with Crippen LogP contribution in [0.25, 0.3) is 0 Å². The third-order valence-corrected chi connectivity index (χ3v) is 12.7. The number of likely N-dealkylation sites (tertiary alicyclic amines) is 2. The van der Waals surface area contributed by atoms with E-state index in [0.717, 1.165) is 67.9 Å². The Labute approximate surface area is 288 Å². The summed E-state index contributed by atoms with van der Waals surface area (Å²) in [7, 11) is 0. The van der Waals surface area contributed by atoms with Crippen molar-refractivity contribution in [1.82, 2.24) is 24.6 Å². The van der Waals surface area contributed by atoms with Crippen molar-refractivity contribution in [3.8, 4) is 0 Å². The normalized spacial score (nSPS) is 23.7. The van der Waals surface area contributed by atoms with E-state index in [1.54, 1.807) is 23.1 Å². The van der Waals surface area contributed by atoms with E-state index in [9.17, 15) is 14.4 Å². The van der Waals surface area contributed by atoms with Crippen LogP contribution < -0.4 is 5.32 Å². The van der Waals surface area contributed by atoms with E-state index in [1.165, 1.54) is 5.01 Å². The molecule has 0 bridgehead atoms. The fourth-order valence-corrected chi connectivity index (χ4v) is 10.3. The van der Waals surface area contributed by atoms with Crippen molar-refractivity contribution in [2.24, 2.45) is 11.3 Å². The first-order chi connectivity index (χ1) is 22.4. The van der Waals surface area contributed by atoms with E-state index in [-0.39, 0.29) is 41.1 Å². The summed E-state index contributed by atoms with van der Waals surface area (Å²) in [4.78, 5) is 55.0. The van der Waals surface area contributed by atoms with Gasteiger partial charge in [-0.25, -0.2) is 9.78 Å². The summed E-state index contributed by atoms with van der Waals surface area (Å²) >= 11 is 3.40. The summed E-state index contributed by atoms with van der Waals surface area (Å²) in [5.74, 6) is 1.26. The molecule has 9 nitrogen and oxygen atoms in total. The molecule has 5 heterocycles. The number of anilines is 1. The maximum atomic E-state index is 13.9. The Morgan fingerprint density at radius 2 is 1.74 bits per heavy atom. The van der Waals surface area contributed by atoms with Crippen LogP contribution in [0.1, 0.15) is 93.5 Å². The van der Waals surface area contributed by atoms with Crippen LogP contribution in [0.15, 0.2) is 30.5 Å². The summed E-state index contributed by atoms with van der Waals surface area (Å²) in [6, 6.07) is 8.03. The molecule has 2 aromatic rings. The standard InChI is InChI=1S/C36H52N6O3S2/c1-24(2)22-39-15-10-26(11-16-39)32-37-21-30(46-32)34-42(23-36(3,4)5)33(44)29(47-34)20-31(43)40-17-13-27(14-18-40)41-19-12-25-8-6-7-9-28(25)38-35(41)45/h6-9,21,24,26-27,29,34H,10-20,22-23H2,1-5H3,(H,38,45)/t29-,34?/m0/s1. The van der Waals surface area contributed by atoms with Gasteiger partial charge in [0.25, 0.3) is 0 Å². The van der Waals surface area contributed by atoms with Gasteiger partial charge in [0.05, 0.1) is 15.1 Å². The summed E-state index contributed by atoms with van der Waals surface area (Å²) < 4.78 is 0. The van der Waals surface area contributed by atoms with Crippen molar-refractivity contribution >= 4 is 46.6 Å². The molecule has 0 radical (unpaired) electrons. The monoisotopic (exact) mass is 680 g/mol. The van der Waals surface area contributed by atoms with Crippen LogP contribution in [0.4, 0.5) is 10.5 Å². The van der Waals surface area contributed by atoms with Crippen LogP contribution in [-0.2, 0) is 16.0 Å². The second-order valence-corrected chi connectivity index (χ2v) is 17.8. The lowest BCUT2D eigenvalue weighted by molar-refractivity contribution is -0.137. The number of urea groups is 1. The lowest BCUT2D eigenvalue weighted by Gasteiger charge is -2.38. The Morgan fingerprint density at radius 3 is 2.45 bits per heavy atom. The molecule has 11 heteroatoms. The number of nitrogens with zero attached hydrogens (tertiary/aromatic N) is 5. The Kier molecular flexibility index (Phi) is 10.5. The van der Waals surface area contributed by atoms with Gasteiger partial charge < -0.3 is 24.9 Å². The minimum absolute atomic E-state index is 0.0385. The number of hydrogen-bond donors (Lipinski definition) is 1. The number of para-hydroxylation sites is 1. The average Bonchev–Trinajstić information content (AvgIpc) is 3.58. The maximum Gasteiger partial charge on any atom is 0.322 e. The molecule has 0 spiro atoms. The smallest absolute Gasteiger partial charge is 0.322 e. The van der Waals surface area contributed by atoms with Gasteiger partial charge in [0.15, 0.2) is 0 Å². The Hall–Kier alpha value is -2.63. The van der Waals surface area contributed by atoms with Crippen LogP contribution in [-0.4, -0.2) is 99.5 Å². The molecule has 47 heavy (non-hydrogen) atoms. The molecule has 3 fully saturated rings. The fourth-order valence-electron chi connectivity index (χ4n) is 7.55. The van der Waals surface area contributed by atoms with Gasteiger partial charge in [-0.2, -0.15) is 0 Å². The minimum Gasteiger partial charge on any atom is -0.342 e. The molecule has 1 aromatic heterocycles. The van der Waals surface area contributed by atoms with E-state index in [4.69, 9.17) is 4.98 Å². The summed E-state index contributed by atoms with van der Waals surface area (Å²) in [6.45, 7) is 17.0. The number of nitrogens with one attached hydrogen (secondary N) is 1. The highest BCUT2D eigenvalue weighted by molar-refractivity contribution is 8.01. The Balaban J connectivity index is 1.06. The molecule has 1 unspecified atom stereocenters. The van der Waals surface area contributed by atoms with Gasteiger partial charge >= 0.3 is 6.03 Å². The molecule has 4 aliphatic rings. The van der Waals surface area contributed by atoms with Crippen LogP contribution >= 0.6 is 23.1 Å². The SMILES string of the molecule is CC(C)CN1CCC(c2ncc(C3S[C@@H](CC(=O)N4CCC(N5CCc6ccccc6NC5=O)CC4)C(=O)N3CC(C)(C)C)s2)CC1. The number of fused-ring (bicyclic) bond motifs is 1. The number of benzene rings is 1. The number of hydrogen-bond acceptors (Lipinski definition) is 7. The summed E-state index contributed by atoms with van der Waals surface area (Å²) in [5.41, 5.74) is 1.99. The van der Waals surface area contributed by atoms with Gasteiger partial charge in [-0.1, -0.05) is 52.8 Å². The van der Waals surface area contributed by atoms with Crippen molar-refractivity contribution in [3.05, 3.63) is 45.9 Å². The average molecular weight is 681 g/mol. The quantitative estimate of drug-likeness (QED) is 0.346. The number of carbonyl (C=O) groups is 3. The molecule has 1 aromatic carbocycles. The van der Waals surface area contributed by atoms with Crippen LogP contribution in [0.5, 0.6) is 0 Å². The number of carbonyl (C=O) groups excluding carboxylic acids is 3. The molecule has 4 aliphatic heterocycles. The zero-order chi connectivity index (χ0) is 33.3. The summed E-state index contributed by atoms with van der Waals surface area (Å²) in [6.07, 6.45) is 6.79. The highest BCUT2D eigenvalue weighted by atomic mass is 32.2. The highest BCUT2D eigenvalue weighted by Gasteiger charge is 2.45. The fraction of sp³-hybridized carbons (Fsp3) is 0.667. The number of thioether (sulfide) groups is 1. The topological polar surface area (TPSA) is 89.1 Å². The molecular formula is C36H52N6O3S2. The number of aromatic nitrogens is 1. The van der Waals surface area contributed by atoms with Gasteiger partial charge in [-0.15, -0.1) is 23.1 Å². The highest BCUT2D eigenvalue weighted by Crippen LogP contribution is 2.48. The number of piperidine rings is 2. The van der Waals surface area contributed by atoms with Gasteiger partial charge in [0, 0.05) is 63.0 Å². The van der Waals surface area contributed by atoms with Gasteiger partial charge in [-0.05, 0) is 68.2 Å². The van der Waals surface area contributed by atoms with Crippen molar-refractivity contribution in [2.45, 2.75) is 95.7 Å². The Bertz CT molecular complexity index is 1420. The maximum absolute atomic E-state index is 13.9. The zero-order valence-corrected chi connectivity index (χ0v) is 30.4. The molecule has 0 saturated carbocycles. The largest absolute Gasteiger partial charge is 0.342 e. The second kappa shape index (κ2) is 14.5. The third-order valence-electron chi connectivity index (χ3n) is 9.88. The second-order valence-electron chi connectivity index (χ2n) is 15.4. The minimum atomic E-state index is -0.396. The van der Waals surface area contributed by atoms with Crippen molar-refractivity contribution < 1.29 is 14.4 Å². The van der Waals surface area contributed by atoms with Crippen LogP contribution in [0, 0.1) is 11.3 Å². The molecule has 0 aliphatic carbocycles. The summed E-state index contributed by atoms with van der Waals surface area (Å²) in [5, 5.41) is 3.77. The first-order valence-corrected chi connectivity index (χ1v) is 19.3. The van der Waals surface area contributed by atoms with E-state index in [2.05, 4.69) is 50.9 Å². The van der Waals surface area contributed by atoms with Crippen molar-refractivity contribution in [2.75, 3.05) is 51.1 Å². The Morgan fingerprint density at radius 1 is 1.02 bits per heavy atom. The zero-order valence-electron chi connectivity index (χ0n) is 28.7. The molecule has 2 atom stereocenters. The van der Waals surface area contributed by atoms with E-state index in [1.807, 2.05) is 39.1 Å². The lowest BCUT2D eigenvalue weighted by Crippen LogP contribution is -2.50. The van der Waals surface area contributed by atoms with Crippen LogP contribution in [0.2, 0.25) is 0 Å². The number of thiazole rings is 1. The third kappa shape index (κ3) is 8.16. The number of amides is 4. The number of rotatable bonds is 8. The predicted molar refractivity (Wildman–Crippen MR) is 191 cm³/mol. The van der Waals surface area contributed by atoms with E-state index in [0.29, 0.717) is 38.0 Å². The van der Waals surface area contributed by atoms with Gasteiger partial charge in [0.1, 0.15) is 5.37 Å². The predicted octanol–water partition coefficient (Wildman–Crippen LogP) is 6.44. The van der Waals surface area contributed by atoms with E-state index >= 15 is 0 Å². The molecule has 256 valence electrons. The van der Waals surface area contributed by atoms with Crippen molar-refractivity contribution in [3.63, 3.8) is 0 Å². The van der Waals surface area contributed by atoms with Crippen LogP contribution in [0.3, 0.4) is 0 Å². The molecule has 3 saturated heterocycles. The molecule has 4 amide bonds. The first-order valence-electron chi connectivity index (χ1n) is 17.5. The lowest BCUT2D eigenvalue weighted by atomic mass is 9.95. The molecule has 1 N–H and O–H groups in total. The molecular weight excluding hydrogens is 629 g/mol. The van der Waals surface area contributed by atoms with Gasteiger partial charge in [0.2, 0.25) is 11.8 Å². The van der Waals surface area contributed by atoms with E-state index < -0.39 is 5.25 Å².